The molecule has 0 amide bonds. The van der Waals surface area contributed by atoms with Gasteiger partial charge in [-0.05, 0) is 11.8 Å². The molecule has 0 heterocycles. The maximum atomic E-state index is 3.33. The van der Waals surface area contributed by atoms with Crippen molar-refractivity contribution in [2.45, 2.75) is 66.2 Å². The van der Waals surface area contributed by atoms with Crippen LogP contribution in [0, 0.1) is 24.0 Å². The van der Waals surface area contributed by atoms with Crippen molar-refractivity contribution in [2.75, 3.05) is 0 Å². The standard InChI is InChI=1S/2C10H15.2ClH.Zr/c2*1-3-9(2)8-10-6-4-5-7-10;;;/h2*4,6,9H,3,5,8H2,1-2H3;2*1H;/q2*-1;;;+2. The van der Waals surface area contributed by atoms with E-state index in [2.05, 4.69) is 64.2 Å². The van der Waals surface area contributed by atoms with E-state index in [-0.39, 0.29) is 51.0 Å². The topological polar surface area (TPSA) is 0 Å². The maximum Gasteiger partial charge on any atom is 2.00 e. The van der Waals surface area contributed by atoms with Crippen LogP contribution in [-0.2, 0) is 26.2 Å². The monoisotopic (exact) mass is 432 g/mol. The molecule has 0 spiro atoms. The SMILES string of the molecule is CCC(C)CC1=[C-]CC=C1.CCC(C)CC1=[C-]CC=C1.Cl.Cl.[Zr+2]. The summed E-state index contributed by atoms with van der Waals surface area (Å²) < 4.78 is 0. The minimum atomic E-state index is 0. The van der Waals surface area contributed by atoms with Gasteiger partial charge < -0.3 is 0 Å². The quantitative estimate of drug-likeness (QED) is 0.392. The molecule has 2 aliphatic rings. The first-order chi connectivity index (χ1) is 9.65. The molecule has 0 N–H and O–H groups in total. The fourth-order valence-corrected chi connectivity index (χ4v) is 2.22. The van der Waals surface area contributed by atoms with E-state index in [1.165, 1.54) is 36.8 Å². The van der Waals surface area contributed by atoms with E-state index >= 15 is 0 Å². The van der Waals surface area contributed by atoms with Crippen molar-refractivity contribution >= 4 is 24.8 Å². The summed E-state index contributed by atoms with van der Waals surface area (Å²) in [7, 11) is 0. The van der Waals surface area contributed by atoms with Crippen LogP contribution in [0.2, 0.25) is 0 Å². The second-order valence-electron chi connectivity index (χ2n) is 6.05. The second-order valence-corrected chi connectivity index (χ2v) is 6.05. The Morgan fingerprint density at radius 3 is 1.39 bits per heavy atom. The molecular formula is C20H32Cl2Zr. The first-order valence-corrected chi connectivity index (χ1v) is 8.18. The summed E-state index contributed by atoms with van der Waals surface area (Å²) in [6.07, 6.45) is 22.5. The molecule has 0 aliphatic heterocycles. The van der Waals surface area contributed by atoms with Gasteiger partial charge in [0.05, 0.1) is 0 Å². The van der Waals surface area contributed by atoms with Gasteiger partial charge in [-0.1, -0.05) is 53.4 Å². The molecule has 0 nitrogen and oxygen atoms in total. The number of rotatable bonds is 6. The predicted molar refractivity (Wildman–Crippen MR) is 104 cm³/mol. The van der Waals surface area contributed by atoms with E-state index in [0.717, 1.165) is 24.7 Å². The van der Waals surface area contributed by atoms with Gasteiger partial charge in [-0.15, -0.1) is 37.7 Å². The number of hydrogen-bond donors (Lipinski definition) is 0. The molecule has 0 aromatic rings. The van der Waals surface area contributed by atoms with E-state index in [0.29, 0.717) is 0 Å². The van der Waals surface area contributed by atoms with Gasteiger partial charge in [0.2, 0.25) is 0 Å². The molecule has 0 bridgehead atoms. The van der Waals surface area contributed by atoms with Crippen molar-refractivity contribution in [3.05, 3.63) is 47.6 Å². The minimum absolute atomic E-state index is 0. The van der Waals surface area contributed by atoms with E-state index in [9.17, 15) is 0 Å². The Morgan fingerprint density at radius 2 is 1.17 bits per heavy atom. The third-order valence-corrected chi connectivity index (χ3v) is 4.06. The molecule has 130 valence electrons. The minimum Gasteiger partial charge on any atom is -0.269 e. The average Bonchev–Trinajstić information content (AvgIpc) is 3.12. The molecule has 2 unspecified atom stereocenters. The number of halogens is 2. The Balaban J connectivity index is -0.000000308. The molecule has 0 fully saturated rings. The molecule has 3 heteroatoms. The van der Waals surface area contributed by atoms with Gasteiger partial charge in [-0.25, -0.2) is 23.3 Å². The summed E-state index contributed by atoms with van der Waals surface area (Å²) in [6, 6.07) is 0. The largest absolute Gasteiger partial charge is 2.00 e. The molecule has 0 aromatic heterocycles. The van der Waals surface area contributed by atoms with Crippen LogP contribution in [0.25, 0.3) is 0 Å². The van der Waals surface area contributed by atoms with Crippen LogP contribution in [0.3, 0.4) is 0 Å². The zero-order valence-electron chi connectivity index (χ0n) is 15.0. The van der Waals surface area contributed by atoms with E-state index in [4.69, 9.17) is 0 Å². The van der Waals surface area contributed by atoms with Crippen LogP contribution in [-0.4, -0.2) is 0 Å². The summed E-state index contributed by atoms with van der Waals surface area (Å²) in [6.45, 7) is 9.06. The van der Waals surface area contributed by atoms with Crippen LogP contribution in [0.4, 0.5) is 0 Å². The third kappa shape index (κ3) is 13.4. The van der Waals surface area contributed by atoms with Crippen molar-refractivity contribution < 1.29 is 26.2 Å². The second kappa shape index (κ2) is 17.3. The van der Waals surface area contributed by atoms with Crippen LogP contribution in [0.15, 0.2) is 35.5 Å². The molecule has 0 aromatic carbocycles. The van der Waals surface area contributed by atoms with E-state index < -0.39 is 0 Å². The summed E-state index contributed by atoms with van der Waals surface area (Å²) in [5, 5.41) is 0. The van der Waals surface area contributed by atoms with Crippen molar-refractivity contribution in [3.8, 4) is 0 Å². The summed E-state index contributed by atoms with van der Waals surface area (Å²) in [5.41, 5.74) is 2.82. The Kier molecular flexibility index (Phi) is 21.2. The predicted octanol–water partition coefficient (Wildman–Crippen LogP) is 7.07. The molecule has 23 heavy (non-hydrogen) atoms. The molecule has 0 saturated heterocycles. The smallest absolute Gasteiger partial charge is 0.269 e. The maximum absolute atomic E-state index is 3.33. The summed E-state index contributed by atoms with van der Waals surface area (Å²) in [5.74, 6) is 1.65. The Labute approximate surface area is 175 Å². The molecule has 2 rings (SSSR count). The number of hydrogen-bond acceptors (Lipinski definition) is 0. The summed E-state index contributed by atoms with van der Waals surface area (Å²) in [4.78, 5) is 0. The third-order valence-electron chi connectivity index (χ3n) is 4.06. The Hall–Kier alpha value is 0.423. The average molecular weight is 435 g/mol. The van der Waals surface area contributed by atoms with Gasteiger partial charge in [0, 0.05) is 0 Å². The van der Waals surface area contributed by atoms with Crippen LogP contribution >= 0.6 is 24.8 Å². The Bertz CT molecular complexity index is 356. The molecule has 2 atom stereocenters. The van der Waals surface area contributed by atoms with Crippen molar-refractivity contribution in [2.24, 2.45) is 11.8 Å². The van der Waals surface area contributed by atoms with Gasteiger partial charge in [0.25, 0.3) is 0 Å². The van der Waals surface area contributed by atoms with Gasteiger partial charge in [-0.2, -0.15) is 12.2 Å². The van der Waals surface area contributed by atoms with Gasteiger partial charge >= 0.3 is 26.2 Å². The zero-order valence-corrected chi connectivity index (χ0v) is 19.1. The fraction of sp³-hybridized carbons (Fsp3) is 0.600. The number of allylic oxidation sites excluding steroid dienone is 8. The zero-order chi connectivity index (χ0) is 14.8. The molecule has 0 saturated carbocycles. The van der Waals surface area contributed by atoms with Crippen LogP contribution in [0.5, 0.6) is 0 Å². The normalized spacial score (nSPS) is 16.7. The van der Waals surface area contributed by atoms with Gasteiger partial charge in [-0.3, -0.25) is 12.2 Å². The van der Waals surface area contributed by atoms with E-state index in [1.807, 2.05) is 0 Å². The van der Waals surface area contributed by atoms with E-state index in [1.54, 1.807) is 0 Å². The Morgan fingerprint density at radius 1 is 0.826 bits per heavy atom. The first-order valence-electron chi connectivity index (χ1n) is 8.18. The molecule has 0 radical (unpaired) electrons. The molecule has 2 aliphatic carbocycles. The fourth-order valence-electron chi connectivity index (χ4n) is 2.22. The van der Waals surface area contributed by atoms with Crippen molar-refractivity contribution in [1.29, 1.82) is 0 Å². The van der Waals surface area contributed by atoms with Gasteiger partial charge in [0.15, 0.2) is 0 Å². The van der Waals surface area contributed by atoms with Crippen molar-refractivity contribution in [3.63, 3.8) is 0 Å². The summed E-state index contributed by atoms with van der Waals surface area (Å²) >= 11 is 0. The van der Waals surface area contributed by atoms with Crippen molar-refractivity contribution in [1.82, 2.24) is 0 Å². The first kappa shape index (κ1) is 28.2. The molecular weight excluding hydrogens is 402 g/mol. The van der Waals surface area contributed by atoms with Gasteiger partial charge in [0.1, 0.15) is 0 Å². The van der Waals surface area contributed by atoms with Crippen LogP contribution < -0.4 is 0 Å². The van der Waals surface area contributed by atoms with Crippen LogP contribution in [0.1, 0.15) is 66.2 Å².